The number of carbonyl (C=O) groups is 1. The molecular formula is C27H18Cl2N2O4. The van der Waals surface area contributed by atoms with Gasteiger partial charge in [0.05, 0.1) is 7.11 Å². The van der Waals surface area contributed by atoms with Crippen LogP contribution in [0.1, 0.15) is 5.76 Å². The summed E-state index contributed by atoms with van der Waals surface area (Å²) in [6, 6.07) is 21.4. The van der Waals surface area contributed by atoms with Crippen molar-refractivity contribution in [2.45, 2.75) is 0 Å². The molecule has 2 heterocycles. The Bertz CT molecular complexity index is 1550. The highest BCUT2D eigenvalue weighted by molar-refractivity contribution is 6.35. The zero-order chi connectivity index (χ0) is 24.4. The minimum atomic E-state index is -0.312. The third-order valence-electron chi connectivity index (χ3n) is 5.14. The molecule has 1 amide bonds. The number of hydrogen-bond acceptors (Lipinski definition) is 5. The number of rotatable bonds is 6. The molecule has 3 aromatic carbocycles. The molecule has 35 heavy (non-hydrogen) atoms. The molecule has 2 aromatic heterocycles. The molecule has 6 nitrogen and oxygen atoms in total. The van der Waals surface area contributed by atoms with Gasteiger partial charge in [-0.05, 0) is 66.7 Å². The van der Waals surface area contributed by atoms with Gasteiger partial charge in [-0.15, -0.1) is 0 Å². The monoisotopic (exact) mass is 504 g/mol. The van der Waals surface area contributed by atoms with Crippen LogP contribution in [0.25, 0.3) is 40.0 Å². The summed E-state index contributed by atoms with van der Waals surface area (Å²) < 4.78 is 16.9. The number of ether oxygens (including phenoxy) is 1. The lowest BCUT2D eigenvalue weighted by atomic mass is 10.2. The molecule has 8 heteroatoms. The lowest BCUT2D eigenvalue weighted by molar-refractivity contribution is -0.111. The van der Waals surface area contributed by atoms with Gasteiger partial charge in [0, 0.05) is 39.0 Å². The minimum Gasteiger partial charge on any atom is -0.497 e. The molecule has 0 saturated carbocycles. The first kappa shape index (κ1) is 22.8. The number of methoxy groups -OCH3 is 1. The number of nitrogens with zero attached hydrogens (tertiary/aromatic N) is 1. The van der Waals surface area contributed by atoms with Crippen LogP contribution in [0.15, 0.2) is 87.7 Å². The van der Waals surface area contributed by atoms with E-state index in [1.54, 1.807) is 61.7 Å². The molecular weight excluding hydrogens is 487 g/mol. The molecule has 0 spiro atoms. The zero-order valence-corrected chi connectivity index (χ0v) is 19.9. The number of fused-ring (bicyclic) bond motifs is 1. The lowest BCUT2D eigenvalue weighted by Crippen LogP contribution is -2.07. The summed E-state index contributed by atoms with van der Waals surface area (Å²) >= 11 is 12.1. The van der Waals surface area contributed by atoms with Crippen molar-refractivity contribution in [1.29, 1.82) is 0 Å². The molecule has 0 aliphatic rings. The highest BCUT2D eigenvalue weighted by Gasteiger charge is 2.11. The average molecular weight is 505 g/mol. The molecule has 0 unspecified atom stereocenters. The summed E-state index contributed by atoms with van der Waals surface area (Å²) in [6.07, 6.45) is 2.98. The van der Waals surface area contributed by atoms with Crippen LogP contribution in [0.3, 0.4) is 0 Å². The average Bonchev–Trinajstić information content (AvgIpc) is 3.49. The Hall–Kier alpha value is -4.00. The highest BCUT2D eigenvalue weighted by atomic mass is 35.5. The van der Waals surface area contributed by atoms with Crippen LogP contribution in [0.5, 0.6) is 5.75 Å². The number of aromatic nitrogens is 1. The molecule has 0 bridgehead atoms. The van der Waals surface area contributed by atoms with Crippen molar-refractivity contribution in [3.05, 3.63) is 94.7 Å². The fraction of sp³-hybridized carbons (Fsp3) is 0.0370. The highest BCUT2D eigenvalue weighted by Crippen LogP contribution is 2.30. The van der Waals surface area contributed by atoms with E-state index in [9.17, 15) is 4.79 Å². The first-order valence-corrected chi connectivity index (χ1v) is 11.3. The molecule has 5 aromatic rings. The van der Waals surface area contributed by atoms with Crippen LogP contribution in [0, 0.1) is 0 Å². The summed E-state index contributed by atoms with van der Waals surface area (Å²) in [5.74, 6) is 1.95. The van der Waals surface area contributed by atoms with Crippen molar-refractivity contribution in [2.24, 2.45) is 0 Å². The van der Waals surface area contributed by atoms with E-state index in [-0.39, 0.29) is 5.91 Å². The Morgan fingerprint density at radius 2 is 1.77 bits per heavy atom. The number of nitrogens with one attached hydrogen (secondary N) is 1. The largest absolute Gasteiger partial charge is 0.497 e. The molecule has 0 aliphatic heterocycles. The van der Waals surface area contributed by atoms with Crippen molar-refractivity contribution in [2.75, 3.05) is 12.4 Å². The molecule has 5 rings (SSSR count). The second kappa shape index (κ2) is 9.70. The maximum Gasteiger partial charge on any atom is 0.248 e. The van der Waals surface area contributed by atoms with Crippen LogP contribution in [-0.2, 0) is 4.79 Å². The number of halogens is 2. The Balaban J connectivity index is 1.28. The molecule has 0 atom stereocenters. The molecule has 0 fully saturated rings. The number of carbonyl (C=O) groups excluding carboxylic acids is 1. The van der Waals surface area contributed by atoms with Gasteiger partial charge in [-0.2, -0.15) is 0 Å². The number of amides is 1. The Morgan fingerprint density at radius 1 is 0.943 bits per heavy atom. The molecule has 0 saturated heterocycles. The Labute approximate surface area is 210 Å². The fourth-order valence-electron chi connectivity index (χ4n) is 3.52. The van der Waals surface area contributed by atoms with Crippen LogP contribution in [0.2, 0.25) is 10.0 Å². The summed E-state index contributed by atoms with van der Waals surface area (Å²) in [5, 5.41) is 3.86. The van der Waals surface area contributed by atoms with Crippen LogP contribution < -0.4 is 10.1 Å². The Kier molecular flexibility index (Phi) is 6.31. The predicted octanol–water partition coefficient (Wildman–Crippen LogP) is 7.72. The van der Waals surface area contributed by atoms with Gasteiger partial charge >= 0.3 is 0 Å². The van der Waals surface area contributed by atoms with Gasteiger partial charge in [-0.25, -0.2) is 4.98 Å². The maximum atomic E-state index is 12.5. The second-order valence-electron chi connectivity index (χ2n) is 7.62. The third-order valence-corrected chi connectivity index (χ3v) is 5.58. The van der Waals surface area contributed by atoms with E-state index < -0.39 is 0 Å². The van der Waals surface area contributed by atoms with Crippen molar-refractivity contribution in [3.63, 3.8) is 0 Å². The number of anilines is 1. The quantitative estimate of drug-likeness (QED) is 0.239. The first-order chi connectivity index (χ1) is 17.0. The zero-order valence-electron chi connectivity index (χ0n) is 18.4. The van der Waals surface area contributed by atoms with Gasteiger partial charge in [0.25, 0.3) is 0 Å². The predicted molar refractivity (Wildman–Crippen MR) is 138 cm³/mol. The van der Waals surface area contributed by atoms with Gasteiger partial charge in [0.15, 0.2) is 5.58 Å². The number of hydrogen-bond donors (Lipinski definition) is 1. The van der Waals surface area contributed by atoms with Crippen LogP contribution in [-0.4, -0.2) is 18.0 Å². The standard InChI is InChI=1S/C27H18Cl2N2O4/c1-33-22-6-9-25-23(15-22)31-27(35-25)16-3-2-4-20(13-16)30-26(32)10-7-21-5-8-24(34-21)17-11-18(28)14-19(29)12-17/h2-15H,1H3,(H,30,32)/b10-7+. The second-order valence-corrected chi connectivity index (χ2v) is 8.49. The number of furan rings is 1. The topological polar surface area (TPSA) is 77.5 Å². The van der Waals surface area contributed by atoms with Gasteiger partial charge in [-0.3, -0.25) is 4.79 Å². The van der Waals surface area contributed by atoms with Crippen LogP contribution >= 0.6 is 23.2 Å². The number of oxazole rings is 1. The maximum absolute atomic E-state index is 12.5. The summed E-state index contributed by atoms with van der Waals surface area (Å²) in [5.41, 5.74) is 3.43. The van der Waals surface area contributed by atoms with E-state index in [2.05, 4.69) is 10.3 Å². The number of benzene rings is 3. The first-order valence-electron chi connectivity index (χ1n) is 10.6. The summed E-state index contributed by atoms with van der Waals surface area (Å²) in [7, 11) is 1.60. The third kappa shape index (κ3) is 5.24. The van der Waals surface area contributed by atoms with Crippen molar-refractivity contribution in [1.82, 2.24) is 4.98 Å². The SMILES string of the molecule is COc1ccc2oc(-c3cccc(NC(=O)/C=C/c4ccc(-c5cc(Cl)cc(Cl)c5)o4)c3)nc2c1. The molecule has 1 N–H and O–H groups in total. The lowest BCUT2D eigenvalue weighted by Gasteiger charge is -2.03. The van der Waals surface area contributed by atoms with Gasteiger partial charge in [0.1, 0.15) is 22.8 Å². The van der Waals surface area contributed by atoms with E-state index in [4.69, 9.17) is 36.8 Å². The summed E-state index contributed by atoms with van der Waals surface area (Å²) in [6.45, 7) is 0. The van der Waals surface area contributed by atoms with Crippen LogP contribution in [0.4, 0.5) is 5.69 Å². The van der Waals surface area contributed by atoms with E-state index in [1.807, 2.05) is 24.3 Å². The van der Waals surface area contributed by atoms with Gasteiger partial charge in [0.2, 0.25) is 11.8 Å². The smallest absolute Gasteiger partial charge is 0.248 e. The normalized spacial score (nSPS) is 11.3. The Morgan fingerprint density at radius 3 is 2.57 bits per heavy atom. The summed E-state index contributed by atoms with van der Waals surface area (Å²) in [4.78, 5) is 17.0. The fourth-order valence-corrected chi connectivity index (χ4v) is 4.05. The molecule has 174 valence electrons. The molecule has 0 radical (unpaired) electrons. The van der Waals surface area contributed by atoms with Crippen molar-refractivity contribution < 1.29 is 18.4 Å². The van der Waals surface area contributed by atoms with Crippen molar-refractivity contribution >= 4 is 52.0 Å². The minimum absolute atomic E-state index is 0.312. The van der Waals surface area contributed by atoms with E-state index >= 15 is 0 Å². The van der Waals surface area contributed by atoms with Gasteiger partial charge < -0.3 is 18.9 Å². The molecule has 0 aliphatic carbocycles. The van der Waals surface area contributed by atoms with E-state index in [1.165, 1.54) is 6.08 Å². The van der Waals surface area contributed by atoms with Crippen molar-refractivity contribution in [3.8, 4) is 28.5 Å². The van der Waals surface area contributed by atoms with Gasteiger partial charge in [-0.1, -0.05) is 29.3 Å². The van der Waals surface area contributed by atoms with E-state index in [0.29, 0.717) is 50.0 Å². The van der Waals surface area contributed by atoms with E-state index in [0.717, 1.165) is 11.1 Å².